The van der Waals surface area contributed by atoms with E-state index in [1.165, 1.54) is 5.56 Å². The monoisotopic (exact) mass is 343 g/mol. The highest BCUT2D eigenvalue weighted by atomic mass is 35.5. The van der Waals surface area contributed by atoms with Gasteiger partial charge in [0.15, 0.2) is 11.4 Å². The molecule has 3 aromatic rings. The van der Waals surface area contributed by atoms with Crippen molar-refractivity contribution in [3.63, 3.8) is 0 Å². The molecule has 0 amide bonds. The highest BCUT2D eigenvalue weighted by Gasteiger charge is 2.19. The number of aryl methyl sites for hydroxylation is 2. The predicted molar refractivity (Wildman–Crippen MR) is 97.8 cm³/mol. The van der Waals surface area contributed by atoms with Crippen LogP contribution in [-0.2, 0) is 13.2 Å². The van der Waals surface area contributed by atoms with Crippen LogP contribution in [0.1, 0.15) is 33.8 Å². The van der Waals surface area contributed by atoms with E-state index in [4.69, 9.17) is 27.1 Å². The third-order valence-electron chi connectivity index (χ3n) is 4.68. The number of nitrogens with zero attached hydrogens (tertiary/aromatic N) is 2. The first-order chi connectivity index (χ1) is 11.5. The van der Waals surface area contributed by atoms with Gasteiger partial charge in [-0.05, 0) is 44.9 Å². The summed E-state index contributed by atoms with van der Waals surface area (Å²) in [5.41, 5.74) is 13.1. The van der Waals surface area contributed by atoms with Crippen molar-refractivity contribution in [3.05, 3.63) is 63.1 Å². The minimum absolute atomic E-state index is 0.405. The smallest absolute Gasteiger partial charge is 0.180 e. The molecule has 2 N–H and O–H groups in total. The first-order valence-corrected chi connectivity index (χ1v) is 8.37. The number of benzene rings is 1. The van der Waals surface area contributed by atoms with Gasteiger partial charge < -0.3 is 10.5 Å². The summed E-state index contributed by atoms with van der Waals surface area (Å²) in [5.74, 6) is 0.792. The molecule has 0 saturated heterocycles. The Bertz CT molecular complexity index is 915. The van der Waals surface area contributed by atoms with Gasteiger partial charge in [0.1, 0.15) is 6.61 Å². The Hall–Kier alpha value is -2.04. The van der Waals surface area contributed by atoms with Gasteiger partial charge in [0.25, 0.3) is 0 Å². The minimum Gasteiger partial charge on any atom is -0.485 e. The van der Waals surface area contributed by atoms with E-state index in [9.17, 15) is 0 Å². The molecule has 0 bridgehead atoms. The second-order valence-corrected chi connectivity index (χ2v) is 6.46. The SMILES string of the molecule is Cc1nc2c(OCc3ccccc3Cl)c(C)c(C)c(C)n2c1CN. The summed E-state index contributed by atoms with van der Waals surface area (Å²) >= 11 is 6.24. The molecule has 0 radical (unpaired) electrons. The molecule has 24 heavy (non-hydrogen) atoms. The van der Waals surface area contributed by atoms with Crippen LogP contribution in [0.5, 0.6) is 5.75 Å². The van der Waals surface area contributed by atoms with Gasteiger partial charge in [0.05, 0.1) is 11.4 Å². The molecule has 0 aliphatic heterocycles. The first-order valence-electron chi connectivity index (χ1n) is 7.99. The number of hydrogen-bond donors (Lipinski definition) is 1. The van der Waals surface area contributed by atoms with Crippen LogP contribution in [-0.4, -0.2) is 9.38 Å². The highest BCUT2D eigenvalue weighted by molar-refractivity contribution is 6.31. The molecular weight excluding hydrogens is 322 g/mol. The Morgan fingerprint density at radius 1 is 1.12 bits per heavy atom. The van der Waals surface area contributed by atoms with Crippen LogP contribution in [0, 0.1) is 27.7 Å². The summed E-state index contributed by atoms with van der Waals surface area (Å²) in [6, 6.07) is 7.71. The molecule has 2 heterocycles. The predicted octanol–water partition coefficient (Wildman–Crippen LogP) is 4.26. The van der Waals surface area contributed by atoms with Gasteiger partial charge >= 0.3 is 0 Å². The van der Waals surface area contributed by atoms with Crippen molar-refractivity contribution in [2.24, 2.45) is 5.73 Å². The van der Waals surface area contributed by atoms with Crippen molar-refractivity contribution in [1.82, 2.24) is 9.38 Å². The summed E-state index contributed by atoms with van der Waals surface area (Å²) < 4.78 is 8.27. The molecule has 126 valence electrons. The van der Waals surface area contributed by atoms with Crippen LogP contribution in [0.15, 0.2) is 24.3 Å². The van der Waals surface area contributed by atoms with Gasteiger partial charge in [-0.25, -0.2) is 4.98 Å². The third kappa shape index (κ3) is 2.66. The number of imidazole rings is 1. The van der Waals surface area contributed by atoms with Crippen LogP contribution in [0.2, 0.25) is 5.02 Å². The summed E-state index contributed by atoms with van der Waals surface area (Å²) in [7, 11) is 0. The topological polar surface area (TPSA) is 52.5 Å². The Balaban J connectivity index is 2.12. The summed E-state index contributed by atoms with van der Waals surface area (Å²) in [6.45, 7) is 9.09. The molecule has 0 aliphatic rings. The molecule has 4 nitrogen and oxygen atoms in total. The number of aromatic nitrogens is 2. The lowest BCUT2D eigenvalue weighted by Crippen LogP contribution is -2.09. The number of rotatable bonds is 4. The molecule has 2 aromatic heterocycles. The van der Waals surface area contributed by atoms with Crippen LogP contribution in [0.25, 0.3) is 5.65 Å². The van der Waals surface area contributed by atoms with Crippen molar-refractivity contribution in [2.45, 2.75) is 40.8 Å². The zero-order chi connectivity index (χ0) is 17.4. The van der Waals surface area contributed by atoms with Crippen LogP contribution < -0.4 is 10.5 Å². The van der Waals surface area contributed by atoms with Crippen molar-refractivity contribution in [3.8, 4) is 5.75 Å². The first kappa shape index (κ1) is 16.8. The van der Waals surface area contributed by atoms with E-state index in [0.29, 0.717) is 18.2 Å². The Morgan fingerprint density at radius 3 is 2.50 bits per heavy atom. The van der Waals surface area contributed by atoms with Gasteiger partial charge in [-0.3, -0.25) is 4.40 Å². The normalized spacial score (nSPS) is 11.2. The maximum atomic E-state index is 6.24. The number of nitrogens with two attached hydrogens (primary N) is 1. The molecular formula is C19H22ClN3O. The minimum atomic E-state index is 0.405. The summed E-state index contributed by atoms with van der Waals surface area (Å²) in [5, 5.41) is 0.706. The second-order valence-electron chi connectivity index (χ2n) is 6.05. The number of halogens is 1. The molecule has 0 aliphatic carbocycles. The van der Waals surface area contributed by atoms with Gasteiger partial charge in [0, 0.05) is 22.8 Å². The average molecular weight is 344 g/mol. The van der Waals surface area contributed by atoms with E-state index >= 15 is 0 Å². The lowest BCUT2D eigenvalue weighted by molar-refractivity contribution is 0.305. The van der Waals surface area contributed by atoms with E-state index in [2.05, 4.69) is 25.2 Å². The number of ether oxygens (including phenoxy) is 1. The van der Waals surface area contributed by atoms with Crippen molar-refractivity contribution >= 4 is 17.2 Å². The fourth-order valence-electron chi connectivity index (χ4n) is 3.03. The van der Waals surface area contributed by atoms with Gasteiger partial charge in [-0.1, -0.05) is 29.8 Å². The Morgan fingerprint density at radius 2 is 1.83 bits per heavy atom. The van der Waals surface area contributed by atoms with Crippen LogP contribution in [0.3, 0.4) is 0 Å². The Kier molecular flexibility index (Phi) is 4.52. The number of pyridine rings is 1. The number of hydrogen-bond acceptors (Lipinski definition) is 3. The van der Waals surface area contributed by atoms with Crippen LogP contribution in [0.4, 0.5) is 0 Å². The van der Waals surface area contributed by atoms with E-state index < -0.39 is 0 Å². The zero-order valence-electron chi connectivity index (χ0n) is 14.5. The summed E-state index contributed by atoms with van der Waals surface area (Å²) in [6.07, 6.45) is 0. The molecule has 3 rings (SSSR count). The van der Waals surface area contributed by atoms with Crippen molar-refractivity contribution in [2.75, 3.05) is 0 Å². The maximum Gasteiger partial charge on any atom is 0.180 e. The highest BCUT2D eigenvalue weighted by Crippen LogP contribution is 2.32. The van der Waals surface area contributed by atoms with Crippen molar-refractivity contribution in [1.29, 1.82) is 0 Å². The van der Waals surface area contributed by atoms with E-state index in [0.717, 1.165) is 39.6 Å². The standard InChI is InChI=1S/C19H22ClN3O/c1-11-12(2)18(24-10-15-7-5-6-8-16(15)20)19-22-13(3)17(9-21)23(19)14(11)4/h5-8H,9-10,21H2,1-4H3. The fourth-order valence-corrected chi connectivity index (χ4v) is 3.22. The quantitative estimate of drug-likeness (QED) is 0.770. The fraction of sp³-hybridized carbons (Fsp3) is 0.316. The third-order valence-corrected chi connectivity index (χ3v) is 5.05. The molecule has 0 spiro atoms. The molecule has 5 heteroatoms. The average Bonchev–Trinajstić information content (AvgIpc) is 2.90. The van der Waals surface area contributed by atoms with Crippen LogP contribution >= 0.6 is 11.6 Å². The van der Waals surface area contributed by atoms with Gasteiger partial charge in [-0.2, -0.15) is 0 Å². The van der Waals surface area contributed by atoms with E-state index in [1.807, 2.05) is 31.2 Å². The molecule has 0 unspecified atom stereocenters. The number of fused-ring (bicyclic) bond motifs is 1. The van der Waals surface area contributed by atoms with E-state index in [1.54, 1.807) is 0 Å². The molecule has 0 saturated carbocycles. The van der Waals surface area contributed by atoms with Crippen molar-refractivity contribution < 1.29 is 4.74 Å². The molecule has 0 atom stereocenters. The van der Waals surface area contributed by atoms with E-state index in [-0.39, 0.29) is 0 Å². The zero-order valence-corrected chi connectivity index (χ0v) is 15.2. The Labute approximate surface area is 147 Å². The second kappa shape index (κ2) is 6.46. The summed E-state index contributed by atoms with van der Waals surface area (Å²) in [4.78, 5) is 4.71. The molecule has 0 fully saturated rings. The molecule has 1 aromatic carbocycles. The largest absolute Gasteiger partial charge is 0.485 e. The van der Waals surface area contributed by atoms with Gasteiger partial charge in [0.2, 0.25) is 0 Å². The van der Waals surface area contributed by atoms with Gasteiger partial charge in [-0.15, -0.1) is 0 Å². The maximum absolute atomic E-state index is 6.24. The lowest BCUT2D eigenvalue weighted by atomic mass is 10.1. The lowest BCUT2D eigenvalue weighted by Gasteiger charge is -2.17.